The number of carbonyl (C=O) groups is 1. The summed E-state index contributed by atoms with van der Waals surface area (Å²) < 4.78 is 0. The molecule has 0 unspecified atom stereocenters. The van der Waals surface area contributed by atoms with E-state index < -0.39 is 0 Å². The van der Waals surface area contributed by atoms with Crippen molar-refractivity contribution in [3.8, 4) is 0 Å². The van der Waals surface area contributed by atoms with Crippen molar-refractivity contribution in [3.63, 3.8) is 0 Å². The van der Waals surface area contributed by atoms with E-state index >= 15 is 0 Å². The van der Waals surface area contributed by atoms with Crippen LogP contribution in [0.1, 0.15) is 13.3 Å². The highest BCUT2D eigenvalue weighted by Gasteiger charge is 1.75. The van der Waals surface area contributed by atoms with Crippen molar-refractivity contribution in [3.05, 3.63) is 24.3 Å². The molecule has 0 saturated heterocycles. The minimum absolute atomic E-state index is 0.498. The lowest BCUT2D eigenvalue weighted by molar-refractivity contribution is -0.107. The third-order valence-corrected chi connectivity index (χ3v) is 0.858. The topological polar surface area (TPSA) is 17.1 Å². The summed E-state index contributed by atoms with van der Waals surface area (Å²) in [6.07, 6.45) is 4.92. The number of aldehydes is 1. The average Bonchev–Trinajstić information content (AvgIpc) is 1.83. The lowest BCUT2D eigenvalue weighted by atomic mass is 10.2. The van der Waals surface area contributed by atoms with Crippen LogP contribution in [0.15, 0.2) is 24.3 Å². The predicted octanol–water partition coefficient (Wildman–Crippen LogP) is 1.71. The van der Waals surface area contributed by atoms with E-state index in [9.17, 15) is 4.79 Å². The first kappa shape index (κ1) is 7.15. The normalized spacial score (nSPS) is 10.9. The molecule has 0 aliphatic rings. The molecule has 0 radical (unpaired) electrons. The summed E-state index contributed by atoms with van der Waals surface area (Å²) in [4.78, 5) is 9.75. The summed E-state index contributed by atoms with van der Waals surface area (Å²) >= 11 is 0. The van der Waals surface area contributed by atoms with Crippen LogP contribution in [-0.4, -0.2) is 6.29 Å². The molecule has 1 heteroatoms. The van der Waals surface area contributed by atoms with E-state index in [0.717, 1.165) is 11.9 Å². The number of rotatable bonds is 3. The monoisotopic (exact) mass is 110 g/mol. The van der Waals surface area contributed by atoms with Gasteiger partial charge in [0, 0.05) is 6.42 Å². The van der Waals surface area contributed by atoms with E-state index in [1.807, 2.05) is 13.0 Å². The highest BCUT2D eigenvalue weighted by molar-refractivity contribution is 5.52. The third kappa shape index (κ3) is 3.34. The Kier molecular flexibility index (Phi) is 3.85. The summed E-state index contributed by atoms with van der Waals surface area (Å²) in [7, 11) is 0. The van der Waals surface area contributed by atoms with E-state index in [1.165, 1.54) is 0 Å². The fraction of sp³-hybridized carbons (Fsp3) is 0.286. The Bertz CT molecular complexity index is 112. The van der Waals surface area contributed by atoms with Crippen molar-refractivity contribution in [1.82, 2.24) is 0 Å². The van der Waals surface area contributed by atoms with Crippen LogP contribution >= 0.6 is 0 Å². The lowest BCUT2D eigenvalue weighted by Gasteiger charge is -1.83. The van der Waals surface area contributed by atoms with Gasteiger partial charge in [-0.05, 0) is 6.92 Å². The molecule has 0 rings (SSSR count). The standard InChI is InChI=1S/C7H10O/c1-3-7(2)5-4-6-8/h3,5-6H,1,4H2,2H3. The lowest BCUT2D eigenvalue weighted by Crippen LogP contribution is -1.69. The second-order valence-electron chi connectivity index (χ2n) is 1.55. The zero-order valence-corrected chi connectivity index (χ0v) is 5.05. The highest BCUT2D eigenvalue weighted by Crippen LogP contribution is 1.92. The van der Waals surface area contributed by atoms with Crippen LogP contribution in [0.2, 0.25) is 0 Å². The zero-order chi connectivity index (χ0) is 6.41. The quantitative estimate of drug-likeness (QED) is 0.399. The molecule has 0 bridgehead atoms. The molecule has 0 aromatic heterocycles. The minimum atomic E-state index is 0.498. The van der Waals surface area contributed by atoms with Crippen molar-refractivity contribution in [2.75, 3.05) is 0 Å². The Hall–Kier alpha value is -0.850. The minimum Gasteiger partial charge on any atom is -0.303 e. The van der Waals surface area contributed by atoms with Gasteiger partial charge in [-0.2, -0.15) is 0 Å². The SMILES string of the molecule is C=CC(C)=CCC=O. The largest absolute Gasteiger partial charge is 0.303 e. The van der Waals surface area contributed by atoms with Crippen molar-refractivity contribution in [2.45, 2.75) is 13.3 Å². The number of carbonyl (C=O) groups excluding carboxylic acids is 1. The molecule has 44 valence electrons. The molecule has 0 atom stereocenters. The molecular formula is C7H10O. The summed E-state index contributed by atoms with van der Waals surface area (Å²) in [5.41, 5.74) is 1.05. The van der Waals surface area contributed by atoms with Crippen LogP contribution in [0, 0.1) is 0 Å². The van der Waals surface area contributed by atoms with Gasteiger partial charge in [-0.15, -0.1) is 0 Å². The van der Waals surface area contributed by atoms with E-state index in [4.69, 9.17) is 0 Å². The second kappa shape index (κ2) is 4.31. The van der Waals surface area contributed by atoms with E-state index in [-0.39, 0.29) is 0 Å². The molecule has 0 amide bonds. The molecule has 0 spiro atoms. The van der Waals surface area contributed by atoms with Crippen molar-refractivity contribution in [1.29, 1.82) is 0 Å². The number of hydrogen-bond donors (Lipinski definition) is 0. The molecule has 0 N–H and O–H groups in total. The van der Waals surface area contributed by atoms with E-state index in [0.29, 0.717) is 6.42 Å². The zero-order valence-electron chi connectivity index (χ0n) is 5.05. The molecule has 0 saturated carbocycles. The first-order valence-electron chi connectivity index (χ1n) is 2.54. The third-order valence-electron chi connectivity index (χ3n) is 0.858. The van der Waals surface area contributed by atoms with Gasteiger partial charge in [0.05, 0.1) is 0 Å². The molecular weight excluding hydrogens is 100 g/mol. The van der Waals surface area contributed by atoms with Gasteiger partial charge < -0.3 is 4.79 Å². The van der Waals surface area contributed by atoms with Crippen LogP contribution in [0.4, 0.5) is 0 Å². The fourth-order valence-corrected chi connectivity index (χ4v) is 0.317. The molecule has 0 aromatic carbocycles. The number of hydrogen-bond acceptors (Lipinski definition) is 1. The highest BCUT2D eigenvalue weighted by atomic mass is 16.1. The summed E-state index contributed by atoms with van der Waals surface area (Å²) in [5.74, 6) is 0. The smallest absolute Gasteiger partial charge is 0.123 e. The number of allylic oxidation sites excluding steroid dienone is 3. The molecule has 1 nitrogen and oxygen atoms in total. The van der Waals surface area contributed by atoms with Gasteiger partial charge in [0.15, 0.2) is 0 Å². The fourth-order valence-electron chi connectivity index (χ4n) is 0.317. The molecule has 8 heavy (non-hydrogen) atoms. The Labute approximate surface area is 49.7 Å². The Morgan fingerprint density at radius 1 is 1.75 bits per heavy atom. The van der Waals surface area contributed by atoms with Crippen LogP contribution in [0.5, 0.6) is 0 Å². The first-order chi connectivity index (χ1) is 3.81. The summed E-state index contributed by atoms with van der Waals surface area (Å²) in [6, 6.07) is 0. The van der Waals surface area contributed by atoms with Crippen LogP contribution in [-0.2, 0) is 4.79 Å². The van der Waals surface area contributed by atoms with Gasteiger partial charge in [-0.3, -0.25) is 0 Å². The van der Waals surface area contributed by atoms with Crippen LogP contribution in [0.3, 0.4) is 0 Å². The van der Waals surface area contributed by atoms with Gasteiger partial charge in [-0.1, -0.05) is 24.3 Å². The van der Waals surface area contributed by atoms with Gasteiger partial charge in [0.25, 0.3) is 0 Å². The van der Waals surface area contributed by atoms with Gasteiger partial charge >= 0.3 is 0 Å². The van der Waals surface area contributed by atoms with Gasteiger partial charge in [0.1, 0.15) is 6.29 Å². The van der Waals surface area contributed by atoms with Crippen LogP contribution in [0.25, 0.3) is 0 Å². The Balaban J connectivity index is 3.56. The average molecular weight is 110 g/mol. The first-order valence-corrected chi connectivity index (χ1v) is 2.54. The van der Waals surface area contributed by atoms with Crippen molar-refractivity contribution < 1.29 is 4.79 Å². The molecule has 0 heterocycles. The second-order valence-corrected chi connectivity index (χ2v) is 1.55. The maximum absolute atomic E-state index is 9.75. The Morgan fingerprint density at radius 3 is 2.75 bits per heavy atom. The molecule has 0 aliphatic carbocycles. The van der Waals surface area contributed by atoms with E-state index in [2.05, 4.69) is 6.58 Å². The Morgan fingerprint density at radius 2 is 2.38 bits per heavy atom. The van der Waals surface area contributed by atoms with Crippen molar-refractivity contribution in [2.24, 2.45) is 0 Å². The maximum atomic E-state index is 9.75. The maximum Gasteiger partial charge on any atom is 0.123 e. The molecule has 0 aliphatic heterocycles. The van der Waals surface area contributed by atoms with E-state index in [1.54, 1.807) is 6.08 Å². The summed E-state index contributed by atoms with van der Waals surface area (Å²) in [6.45, 7) is 5.44. The van der Waals surface area contributed by atoms with Gasteiger partial charge in [0.2, 0.25) is 0 Å². The molecule has 0 fully saturated rings. The van der Waals surface area contributed by atoms with Crippen LogP contribution < -0.4 is 0 Å². The van der Waals surface area contributed by atoms with Gasteiger partial charge in [-0.25, -0.2) is 0 Å². The predicted molar refractivity (Wildman–Crippen MR) is 34.6 cm³/mol. The summed E-state index contributed by atoms with van der Waals surface area (Å²) in [5, 5.41) is 0. The van der Waals surface area contributed by atoms with Crippen molar-refractivity contribution >= 4 is 6.29 Å². The molecule has 0 aromatic rings.